The molecular formula is C24H28F2N4O5. The second-order valence-corrected chi connectivity index (χ2v) is 8.59. The standard InChI is InChI=1S/C24H28F2N4O5/c25-15-4-6-18(7-5-15)29-8-10-30(11-9-29)21(31)13-19-22(32)23(33)20(35-19)14-27-24(34)28-17-3-1-2-16(26)12-17/h1-7,12,19-20,22-23,32-33H,8-11,13-14H2,(H2,27,28,34)/t19-,20-,22-,23+/m0/s1. The lowest BCUT2D eigenvalue weighted by Gasteiger charge is -2.36. The second-order valence-electron chi connectivity index (χ2n) is 8.59. The summed E-state index contributed by atoms with van der Waals surface area (Å²) in [5.41, 5.74) is 1.14. The number of anilines is 2. The maximum atomic E-state index is 13.2. The molecule has 0 unspecified atom stereocenters. The number of halogens is 2. The molecule has 3 amide bonds. The number of aliphatic hydroxyl groups excluding tert-OH is 2. The Morgan fingerprint density at radius 1 is 0.943 bits per heavy atom. The summed E-state index contributed by atoms with van der Waals surface area (Å²) >= 11 is 0. The number of hydrogen-bond donors (Lipinski definition) is 4. The number of carbonyl (C=O) groups excluding carboxylic acids is 2. The van der Waals surface area contributed by atoms with Crippen molar-refractivity contribution in [3.63, 3.8) is 0 Å². The molecule has 2 fully saturated rings. The van der Waals surface area contributed by atoms with Crippen LogP contribution in [-0.2, 0) is 9.53 Å². The van der Waals surface area contributed by atoms with Gasteiger partial charge in [0.15, 0.2) is 0 Å². The fourth-order valence-corrected chi connectivity index (χ4v) is 4.27. The Balaban J connectivity index is 1.22. The summed E-state index contributed by atoms with van der Waals surface area (Å²) in [6.45, 7) is 1.99. The van der Waals surface area contributed by atoms with E-state index < -0.39 is 36.3 Å². The molecule has 4 atom stereocenters. The van der Waals surface area contributed by atoms with Gasteiger partial charge in [-0.1, -0.05) is 6.07 Å². The van der Waals surface area contributed by atoms with Crippen LogP contribution in [-0.4, -0.2) is 84.2 Å². The van der Waals surface area contributed by atoms with Crippen molar-refractivity contribution < 1.29 is 33.3 Å². The molecule has 4 N–H and O–H groups in total. The van der Waals surface area contributed by atoms with E-state index in [-0.39, 0.29) is 30.4 Å². The highest BCUT2D eigenvalue weighted by molar-refractivity contribution is 5.89. The van der Waals surface area contributed by atoms with Crippen molar-refractivity contribution in [2.45, 2.75) is 30.8 Å². The van der Waals surface area contributed by atoms with E-state index in [0.717, 1.165) is 11.8 Å². The van der Waals surface area contributed by atoms with Gasteiger partial charge in [0.2, 0.25) is 5.91 Å². The molecule has 0 aromatic heterocycles. The maximum Gasteiger partial charge on any atom is 0.319 e. The topological polar surface area (TPSA) is 114 Å². The smallest absolute Gasteiger partial charge is 0.319 e. The SMILES string of the molecule is O=C(NC[C@@H]1O[C@@H](CC(=O)N2CCN(c3ccc(F)cc3)CC2)[C@H](O)[C@@H]1O)Nc1cccc(F)c1. The first kappa shape index (κ1) is 24.8. The Morgan fingerprint density at radius 3 is 2.31 bits per heavy atom. The van der Waals surface area contributed by atoms with Crippen LogP contribution < -0.4 is 15.5 Å². The van der Waals surface area contributed by atoms with E-state index in [9.17, 15) is 28.6 Å². The average Bonchev–Trinajstić information content (AvgIpc) is 3.11. The number of hydrogen-bond acceptors (Lipinski definition) is 6. The zero-order chi connectivity index (χ0) is 24.9. The van der Waals surface area contributed by atoms with Gasteiger partial charge in [-0.2, -0.15) is 0 Å². The van der Waals surface area contributed by atoms with Gasteiger partial charge >= 0.3 is 6.03 Å². The fourth-order valence-electron chi connectivity index (χ4n) is 4.27. The Bertz CT molecular complexity index is 1030. The molecule has 188 valence electrons. The van der Waals surface area contributed by atoms with Crippen molar-refractivity contribution in [2.24, 2.45) is 0 Å². The number of amides is 3. The lowest BCUT2D eigenvalue weighted by atomic mass is 10.0. The zero-order valence-corrected chi connectivity index (χ0v) is 18.9. The van der Waals surface area contributed by atoms with Crippen molar-refractivity contribution in [3.8, 4) is 0 Å². The van der Waals surface area contributed by atoms with E-state index in [1.54, 1.807) is 17.0 Å². The van der Waals surface area contributed by atoms with Crippen molar-refractivity contribution in [3.05, 3.63) is 60.2 Å². The Labute approximate surface area is 201 Å². The molecule has 35 heavy (non-hydrogen) atoms. The molecule has 2 aliphatic rings. The Hall–Kier alpha value is -3.28. The Morgan fingerprint density at radius 2 is 1.63 bits per heavy atom. The normalized spacial score (nSPS) is 24.3. The predicted molar refractivity (Wildman–Crippen MR) is 124 cm³/mol. The molecule has 0 bridgehead atoms. The summed E-state index contributed by atoms with van der Waals surface area (Å²) in [7, 11) is 0. The number of nitrogens with zero attached hydrogens (tertiary/aromatic N) is 2. The summed E-state index contributed by atoms with van der Waals surface area (Å²) < 4.78 is 32.0. The first-order valence-electron chi connectivity index (χ1n) is 11.4. The number of ether oxygens (including phenoxy) is 1. The van der Waals surface area contributed by atoms with E-state index in [4.69, 9.17) is 4.74 Å². The summed E-state index contributed by atoms with van der Waals surface area (Å²) in [5.74, 6) is -1.01. The van der Waals surface area contributed by atoms with Gasteiger partial charge < -0.3 is 35.4 Å². The van der Waals surface area contributed by atoms with Crippen molar-refractivity contribution in [2.75, 3.05) is 42.9 Å². The lowest BCUT2D eigenvalue weighted by Crippen LogP contribution is -2.49. The quantitative estimate of drug-likeness (QED) is 0.486. The van der Waals surface area contributed by atoms with E-state index in [1.165, 1.54) is 30.3 Å². The van der Waals surface area contributed by atoms with Crippen LogP contribution in [0.2, 0.25) is 0 Å². The van der Waals surface area contributed by atoms with E-state index in [0.29, 0.717) is 26.2 Å². The molecule has 4 rings (SSSR count). The third-order valence-electron chi connectivity index (χ3n) is 6.21. The monoisotopic (exact) mass is 490 g/mol. The molecule has 0 radical (unpaired) electrons. The number of aliphatic hydroxyl groups is 2. The van der Waals surface area contributed by atoms with Gasteiger partial charge in [-0.3, -0.25) is 4.79 Å². The molecule has 0 saturated carbocycles. The van der Waals surface area contributed by atoms with Gasteiger partial charge in [-0.05, 0) is 42.5 Å². The van der Waals surface area contributed by atoms with Crippen LogP contribution in [0, 0.1) is 11.6 Å². The predicted octanol–water partition coefficient (Wildman–Crippen LogP) is 1.31. The van der Waals surface area contributed by atoms with Gasteiger partial charge in [0, 0.05) is 44.1 Å². The van der Waals surface area contributed by atoms with E-state index in [1.807, 2.05) is 0 Å². The molecule has 0 spiro atoms. The Kier molecular flexibility index (Phi) is 7.79. The molecule has 0 aliphatic carbocycles. The number of benzene rings is 2. The highest BCUT2D eigenvalue weighted by atomic mass is 19.1. The molecule has 2 aromatic carbocycles. The average molecular weight is 491 g/mol. The van der Waals surface area contributed by atoms with Gasteiger partial charge in [0.25, 0.3) is 0 Å². The maximum absolute atomic E-state index is 13.2. The van der Waals surface area contributed by atoms with E-state index >= 15 is 0 Å². The van der Waals surface area contributed by atoms with Crippen molar-refractivity contribution in [1.29, 1.82) is 0 Å². The van der Waals surface area contributed by atoms with Gasteiger partial charge in [-0.25, -0.2) is 13.6 Å². The van der Waals surface area contributed by atoms with E-state index in [2.05, 4.69) is 15.5 Å². The van der Waals surface area contributed by atoms with Crippen LogP contribution >= 0.6 is 0 Å². The van der Waals surface area contributed by atoms with Gasteiger partial charge in [-0.15, -0.1) is 0 Å². The molecule has 2 aromatic rings. The first-order chi connectivity index (χ1) is 16.8. The first-order valence-corrected chi connectivity index (χ1v) is 11.4. The zero-order valence-electron chi connectivity index (χ0n) is 18.9. The number of urea groups is 1. The van der Waals surface area contributed by atoms with Crippen LogP contribution in [0.3, 0.4) is 0 Å². The van der Waals surface area contributed by atoms with Crippen molar-refractivity contribution in [1.82, 2.24) is 10.2 Å². The highest BCUT2D eigenvalue weighted by Crippen LogP contribution is 2.25. The minimum absolute atomic E-state index is 0.110. The molecule has 11 heteroatoms. The number of nitrogens with one attached hydrogen (secondary N) is 2. The van der Waals surface area contributed by atoms with Crippen molar-refractivity contribution >= 4 is 23.3 Å². The summed E-state index contributed by atoms with van der Waals surface area (Å²) in [6, 6.07) is 10.9. The third-order valence-corrected chi connectivity index (χ3v) is 6.21. The number of carbonyl (C=O) groups is 2. The van der Waals surface area contributed by atoms with Gasteiger partial charge in [0.1, 0.15) is 29.9 Å². The number of piperazine rings is 1. The molecule has 9 nitrogen and oxygen atoms in total. The largest absolute Gasteiger partial charge is 0.388 e. The van der Waals surface area contributed by atoms with Crippen LogP contribution in [0.15, 0.2) is 48.5 Å². The third kappa shape index (κ3) is 6.24. The summed E-state index contributed by atoms with van der Waals surface area (Å²) in [4.78, 5) is 28.6. The lowest BCUT2D eigenvalue weighted by molar-refractivity contribution is -0.135. The van der Waals surface area contributed by atoms with Crippen LogP contribution in [0.25, 0.3) is 0 Å². The minimum Gasteiger partial charge on any atom is -0.388 e. The van der Waals surface area contributed by atoms with Crippen LogP contribution in [0.1, 0.15) is 6.42 Å². The highest BCUT2D eigenvalue weighted by Gasteiger charge is 2.44. The minimum atomic E-state index is -1.28. The molecule has 2 saturated heterocycles. The van der Waals surface area contributed by atoms with Gasteiger partial charge in [0.05, 0.1) is 12.5 Å². The summed E-state index contributed by atoms with van der Waals surface area (Å²) in [5, 5.41) is 25.7. The molecule has 2 heterocycles. The second kappa shape index (κ2) is 11.0. The van der Waals surface area contributed by atoms with Crippen LogP contribution in [0.5, 0.6) is 0 Å². The van der Waals surface area contributed by atoms with Crippen LogP contribution in [0.4, 0.5) is 25.0 Å². The fraction of sp³-hybridized carbons (Fsp3) is 0.417. The summed E-state index contributed by atoms with van der Waals surface area (Å²) in [6.07, 6.45) is -4.49. The number of rotatable bonds is 6. The molecule has 2 aliphatic heterocycles. The molecular weight excluding hydrogens is 462 g/mol.